The van der Waals surface area contributed by atoms with Crippen LogP contribution in [0.4, 0.5) is 5.13 Å². The van der Waals surface area contributed by atoms with Crippen molar-refractivity contribution in [3.63, 3.8) is 0 Å². The zero-order chi connectivity index (χ0) is 25.2. The number of thiazole rings is 1. The third-order valence-electron chi connectivity index (χ3n) is 5.31. The van der Waals surface area contributed by atoms with Crippen LogP contribution in [0, 0.1) is 6.92 Å². The van der Waals surface area contributed by atoms with Gasteiger partial charge in [-0.25, -0.2) is 9.78 Å². The summed E-state index contributed by atoms with van der Waals surface area (Å²) in [7, 11) is 1.51. The smallest absolute Gasteiger partial charge is 0.348 e. The van der Waals surface area contributed by atoms with E-state index in [0.29, 0.717) is 30.3 Å². The van der Waals surface area contributed by atoms with Crippen molar-refractivity contribution in [2.45, 2.75) is 38.5 Å². The van der Waals surface area contributed by atoms with Crippen LogP contribution in [-0.4, -0.2) is 83.0 Å². The van der Waals surface area contributed by atoms with Crippen molar-refractivity contribution in [3.8, 4) is 0 Å². The van der Waals surface area contributed by atoms with Gasteiger partial charge in [-0.15, -0.1) is 0 Å². The zero-order valence-corrected chi connectivity index (χ0v) is 21.0. The number of rotatable bonds is 8. The number of hydrogen-bond acceptors (Lipinski definition) is 8. The van der Waals surface area contributed by atoms with E-state index in [-0.39, 0.29) is 38.9 Å². The van der Waals surface area contributed by atoms with E-state index in [0.717, 1.165) is 11.3 Å². The first-order valence-corrected chi connectivity index (χ1v) is 11.9. The van der Waals surface area contributed by atoms with E-state index in [1.807, 2.05) is 4.90 Å². The standard InChI is InChI=1S/C20H25Cl2N5O6S/c1-8(28)6-23-17(29)15-16(19(31)32)34-20(26-15)27-5-4-10(11(7-27)33-3)25-18(30)14-13(22)12(21)9(2)24-14/h8,10-11,24,28H,4-7H2,1-3H3,(H,23,29)(H,25,30)(H,31,32). The molecule has 1 saturated heterocycles. The highest BCUT2D eigenvalue weighted by Gasteiger charge is 2.34. The number of aliphatic hydroxyl groups is 1. The van der Waals surface area contributed by atoms with Crippen molar-refractivity contribution in [1.29, 1.82) is 0 Å². The minimum absolute atomic E-state index is 0.0306. The molecule has 3 rings (SSSR count). The van der Waals surface area contributed by atoms with Crippen molar-refractivity contribution in [2.24, 2.45) is 0 Å². The molecule has 0 bridgehead atoms. The topological polar surface area (TPSA) is 157 Å². The maximum atomic E-state index is 12.7. The number of carboxylic acid groups (broad SMARTS) is 1. The number of aromatic nitrogens is 2. The molecule has 14 heteroatoms. The highest BCUT2D eigenvalue weighted by molar-refractivity contribution is 7.17. The number of nitrogens with one attached hydrogen (secondary N) is 3. The summed E-state index contributed by atoms with van der Waals surface area (Å²) >= 11 is 13.1. The van der Waals surface area contributed by atoms with Gasteiger partial charge < -0.3 is 35.5 Å². The van der Waals surface area contributed by atoms with Crippen molar-refractivity contribution >= 4 is 57.5 Å². The molecule has 2 amide bonds. The number of hydrogen-bond donors (Lipinski definition) is 5. The molecule has 0 radical (unpaired) electrons. The number of halogens is 2. The number of aromatic carboxylic acids is 1. The van der Waals surface area contributed by atoms with Gasteiger partial charge in [0.2, 0.25) is 0 Å². The molecule has 2 aromatic rings. The zero-order valence-electron chi connectivity index (χ0n) is 18.6. The van der Waals surface area contributed by atoms with E-state index < -0.39 is 30.0 Å². The molecule has 3 heterocycles. The Hall–Kier alpha value is -2.38. The Morgan fingerprint density at radius 3 is 2.59 bits per heavy atom. The minimum atomic E-state index is -1.27. The van der Waals surface area contributed by atoms with Crippen molar-refractivity contribution in [2.75, 3.05) is 31.6 Å². The van der Waals surface area contributed by atoms with E-state index in [4.69, 9.17) is 27.9 Å². The molecular weight excluding hydrogens is 509 g/mol. The van der Waals surface area contributed by atoms with Crippen molar-refractivity contribution in [1.82, 2.24) is 20.6 Å². The predicted octanol–water partition coefficient (Wildman–Crippen LogP) is 1.92. The molecule has 1 fully saturated rings. The molecule has 0 saturated carbocycles. The fourth-order valence-electron chi connectivity index (χ4n) is 3.53. The molecule has 34 heavy (non-hydrogen) atoms. The number of ether oxygens (including phenoxy) is 1. The lowest BCUT2D eigenvalue weighted by molar-refractivity contribution is 0.0540. The van der Waals surface area contributed by atoms with Crippen molar-refractivity contribution < 1.29 is 29.3 Å². The summed E-state index contributed by atoms with van der Waals surface area (Å²) in [5.41, 5.74) is 0.535. The summed E-state index contributed by atoms with van der Waals surface area (Å²) in [5.74, 6) is -2.36. The summed E-state index contributed by atoms with van der Waals surface area (Å²) in [6.45, 7) is 3.92. The Bertz CT molecular complexity index is 1090. The number of methoxy groups -OCH3 is 1. The lowest BCUT2D eigenvalue weighted by Crippen LogP contribution is -2.55. The number of carboxylic acids is 1. The highest BCUT2D eigenvalue weighted by Crippen LogP contribution is 2.31. The summed E-state index contributed by atoms with van der Waals surface area (Å²) < 4.78 is 5.58. The molecule has 2 aromatic heterocycles. The normalized spacial score (nSPS) is 19.1. The van der Waals surface area contributed by atoms with E-state index in [1.165, 1.54) is 14.0 Å². The number of aryl methyl sites for hydroxylation is 1. The Morgan fingerprint density at radius 1 is 1.32 bits per heavy atom. The van der Waals surface area contributed by atoms with Crippen LogP contribution in [0.5, 0.6) is 0 Å². The van der Waals surface area contributed by atoms with Crippen LogP contribution in [0.25, 0.3) is 0 Å². The van der Waals surface area contributed by atoms with Crippen LogP contribution >= 0.6 is 34.5 Å². The van der Waals surface area contributed by atoms with Gasteiger partial charge in [0.25, 0.3) is 11.8 Å². The van der Waals surface area contributed by atoms with Gasteiger partial charge in [-0.3, -0.25) is 9.59 Å². The average molecular weight is 534 g/mol. The van der Waals surface area contributed by atoms with Crippen LogP contribution in [0.3, 0.4) is 0 Å². The van der Waals surface area contributed by atoms with E-state index >= 15 is 0 Å². The largest absolute Gasteiger partial charge is 0.477 e. The van der Waals surface area contributed by atoms with Gasteiger partial charge >= 0.3 is 5.97 Å². The number of nitrogens with zero attached hydrogens (tertiary/aromatic N) is 2. The predicted molar refractivity (Wildman–Crippen MR) is 128 cm³/mol. The molecule has 11 nitrogen and oxygen atoms in total. The summed E-state index contributed by atoms with van der Waals surface area (Å²) in [4.78, 5) is 45.5. The van der Waals surface area contributed by atoms with Gasteiger partial charge in [0.05, 0.1) is 28.3 Å². The highest BCUT2D eigenvalue weighted by atomic mass is 35.5. The minimum Gasteiger partial charge on any atom is -0.477 e. The van der Waals surface area contributed by atoms with E-state index in [9.17, 15) is 24.6 Å². The lowest BCUT2D eigenvalue weighted by atomic mass is 10.0. The Morgan fingerprint density at radius 2 is 2.03 bits per heavy atom. The molecule has 3 unspecified atom stereocenters. The number of H-pyrrole nitrogens is 1. The second kappa shape index (κ2) is 10.9. The van der Waals surface area contributed by atoms with E-state index in [1.54, 1.807) is 6.92 Å². The summed E-state index contributed by atoms with van der Waals surface area (Å²) in [5, 5.41) is 25.0. The van der Waals surface area contributed by atoms with Gasteiger partial charge in [-0.2, -0.15) is 0 Å². The second-order valence-corrected chi connectivity index (χ2v) is 9.61. The first-order chi connectivity index (χ1) is 16.0. The molecule has 0 aliphatic carbocycles. The average Bonchev–Trinajstić information content (AvgIpc) is 3.35. The molecule has 0 aromatic carbocycles. The van der Waals surface area contributed by atoms with Gasteiger partial charge in [-0.05, 0) is 20.3 Å². The number of carbonyl (C=O) groups excluding carboxylic acids is 2. The monoisotopic (exact) mass is 533 g/mol. The van der Waals surface area contributed by atoms with Crippen LogP contribution in [-0.2, 0) is 4.74 Å². The number of aromatic amines is 1. The van der Waals surface area contributed by atoms with Gasteiger partial charge in [0, 0.05) is 32.4 Å². The number of aliphatic hydroxyl groups excluding tert-OH is 1. The molecule has 5 N–H and O–H groups in total. The number of amides is 2. The summed E-state index contributed by atoms with van der Waals surface area (Å²) in [6, 6.07) is -0.347. The molecule has 3 atom stereocenters. The molecular formula is C20H25Cl2N5O6S. The van der Waals surface area contributed by atoms with Crippen LogP contribution in [0.15, 0.2) is 0 Å². The Labute approximate surface area is 209 Å². The molecule has 186 valence electrons. The Kier molecular flexibility index (Phi) is 8.42. The van der Waals surface area contributed by atoms with Crippen LogP contribution < -0.4 is 15.5 Å². The summed E-state index contributed by atoms with van der Waals surface area (Å²) in [6.07, 6.45) is -0.749. The molecule has 0 spiro atoms. The fourth-order valence-corrected chi connectivity index (χ4v) is 4.88. The van der Waals surface area contributed by atoms with Gasteiger partial charge in [0.15, 0.2) is 10.8 Å². The second-order valence-electron chi connectivity index (χ2n) is 7.88. The van der Waals surface area contributed by atoms with Crippen LogP contribution in [0.2, 0.25) is 10.0 Å². The molecule has 1 aliphatic rings. The first kappa shape index (κ1) is 26.2. The van der Waals surface area contributed by atoms with Crippen LogP contribution in [0.1, 0.15) is 49.7 Å². The lowest BCUT2D eigenvalue weighted by Gasteiger charge is -2.37. The van der Waals surface area contributed by atoms with Crippen molar-refractivity contribution in [3.05, 3.63) is 32.0 Å². The van der Waals surface area contributed by atoms with Gasteiger partial charge in [-0.1, -0.05) is 34.5 Å². The first-order valence-electron chi connectivity index (χ1n) is 10.4. The number of carbonyl (C=O) groups is 3. The SMILES string of the molecule is COC1CN(c2nc(C(=O)NCC(C)O)c(C(=O)O)s2)CCC1NC(=O)c1[nH]c(C)c(Cl)c1Cl. The Balaban J connectivity index is 1.73. The number of piperidine rings is 1. The third kappa shape index (κ3) is 5.63. The number of anilines is 1. The van der Waals surface area contributed by atoms with Gasteiger partial charge in [0.1, 0.15) is 10.6 Å². The maximum Gasteiger partial charge on any atom is 0.348 e. The maximum absolute atomic E-state index is 12.7. The third-order valence-corrected chi connectivity index (χ3v) is 7.36. The fraction of sp³-hybridized carbons (Fsp3) is 0.500. The quantitative estimate of drug-likeness (QED) is 0.344. The molecule has 1 aliphatic heterocycles. The van der Waals surface area contributed by atoms with E-state index in [2.05, 4.69) is 20.6 Å².